The van der Waals surface area contributed by atoms with Gasteiger partial charge in [-0.05, 0) is 38.5 Å². The van der Waals surface area contributed by atoms with Crippen molar-refractivity contribution in [2.45, 2.75) is 45.1 Å². The number of nitrogens with two attached hydrogens (primary N) is 1. The third-order valence-electron chi connectivity index (χ3n) is 3.75. The Bertz CT molecular complexity index is 235. The van der Waals surface area contributed by atoms with Crippen molar-refractivity contribution in [1.82, 2.24) is 4.90 Å². The molecule has 2 N–H and O–H groups in total. The van der Waals surface area contributed by atoms with Crippen LogP contribution in [0.3, 0.4) is 0 Å². The Kier molecular flexibility index (Phi) is 6.97. The summed E-state index contributed by atoms with van der Waals surface area (Å²) in [6.07, 6.45) is 7.56. The summed E-state index contributed by atoms with van der Waals surface area (Å²) in [5.41, 5.74) is 5.84. The molecule has 1 fully saturated rings. The molecule has 1 aliphatic rings. The fourth-order valence-corrected chi connectivity index (χ4v) is 3.18. The highest BCUT2D eigenvalue weighted by Crippen LogP contribution is 2.28. The Balaban J connectivity index is 2.60. The van der Waals surface area contributed by atoms with Crippen molar-refractivity contribution >= 4 is 17.7 Å². The summed E-state index contributed by atoms with van der Waals surface area (Å²) in [7, 11) is 0. The molecule has 0 aromatic rings. The minimum absolute atomic E-state index is 0.312. The van der Waals surface area contributed by atoms with Crippen molar-refractivity contribution in [3.63, 3.8) is 0 Å². The summed E-state index contributed by atoms with van der Waals surface area (Å²) in [6.45, 7) is 3.63. The van der Waals surface area contributed by atoms with Crippen molar-refractivity contribution in [2.75, 3.05) is 25.1 Å². The Morgan fingerprint density at radius 2 is 2.12 bits per heavy atom. The summed E-state index contributed by atoms with van der Waals surface area (Å²) < 4.78 is 0. The number of nitrogens with zero attached hydrogens (tertiary/aromatic N) is 1. The van der Waals surface area contributed by atoms with Crippen LogP contribution in [0.15, 0.2) is 0 Å². The van der Waals surface area contributed by atoms with Gasteiger partial charge in [-0.3, -0.25) is 4.79 Å². The van der Waals surface area contributed by atoms with Gasteiger partial charge in [-0.2, -0.15) is 11.8 Å². The van der Waals surface area contributed by atoms with E-state index >= 15 is 0 Å². The average Bonchev–Trinajstić information content (AvgIpc) is 2.37. The predicted molar refractivity (Wildman–Crippen MR) is 75.2 cm³/mol. The Morgan fingerprint density at radius 1 is 1.41 bits per heavy atom. The zero-order chi connectivity index (χ0) is 12.7. The van der Waals surface area contributed by atoms with Crippen LogP contribution in [-0.4, -0.2) is 41.9 Å². The molecule has 0 aromatic carbocycles. The molecule has 0 bridgehead atoms. The van der Waals surface area contributed by atoms with Gasteiger partial charge in [-0.15, -0.1) is 0 Å². The first kappa shape index (κ1) is 14.8. The molecule has 0 saturated heterocycles. The fraction of sp³-hybridized carbons (Fsp3) is 0.923. The normalized spacial score (nSPS) is 24.6. The van der Waals surface area contributed by atoms with Gasteiger partial charge in [0, 0.05) is 24.8 Å². The molecule has 0 aromatic heterocycles. The van der Waals surface area contributed by atoms with E-state index < -0.39 is 0 Å². The third-order valence-corrected chi connectivity index (χ3v) is 4.37. The molecule has 17 heavy (non-hydrogen) atoms. The van der Waals surface area contributed by atoms with E-state index in [0.717, 1.165) is 25.3 Å². The number of hydrogen-bond acceptors (Lipinski definition) is 3. The van der Waals surface area contributed by atoms with Crippen LogP contribution in [0.2, 0.25) is 0 Å². The van der Waals surface area contributed by atoms with E-state index in [4.69, 9.17) is 5.73 Å². The van der Waals surface area contributed by atoms with Crippen molar-refractivity contribution in [1.29, 1.82) is 0 Å². The zero-order valence-corrected chi connectivity index (χ0v) is 12.0. The lowest BCUT2D eigenvalue weighted by molar-refractivity contribution is -0.134. The average molecular weight is 258 g/mol. The van der Waals surface area contributed by atoms with Crippen molar-refractivity contribution < 1.29 is 4.79 Å². The molecule has 0 heterocycles. The van der Waals surface area contributed by atoms with E-state index in [1.807, 2.05) is 6.26 Å². The molecule has 100 valence electrons. The Hall–Kier alpha value is -0.220. The first-order valence-corrected chi connectivity index (χ1v) is 8.12. The molecule has 2 atom stereocenters. The summed E-state index contributed by atoms with van der Waals surface area (Å²) in [5, 5.41) is 0. The largest absolute Gasteiger partial charge is 0.340 e. The van der Waals surface area contributed by atoms with Gasteiger partial charge in [-0.1, -0.05) is 12.8 Å². The summed E-state index contributed by atoms with van der Waals surface area (Å²) in [5.74, 6) is 1.75. The molecule has 0 aliphatic heterocycles. The summed E-state index contributed by atoms with van der Waals surface area (Å²) in [4.78, 5) is 14.2. The van der Waals surface area contributed by atoms with Crippen LogP contribution in [-0.2, 0) is 4.79 Å². The van der Waals surface area contributed by atoms with Gasteiger partial charge in [0.25, 0.3) is 0 Å². The van der Waals surface area contributed by atoms with E-state index in [2.05, 4.69) is 11.8 Å². The van der Waals surface area contributed by atoms with E-state index in [9.17, 15) is 4.79 Å². The second-order valence-corrected chi connectivity index (χ2v) is 5.76. The van der Waals surface area contributed by atoms with E-state index in [0.29, 0.717) is 24.3 Å². The maximum atomic E-state index is 12.2. The zero-order valence-electron chi connectivity index (χ0n) is 11.2. The molecule has 3 nitrogen and oxygen atoms in total. The second-order valence-electron chi connectivity index (χ2n) is 4.77. The third kappa shape index (κ3) is 4.18. The maximum Gasteiger partial charge on any atom is 0.223 e. The monoisotopic (exact) mass is 258 g/mol. The summed E-state index contributed by atoms with van der Waals surface area (Å²) in [6, 6.07) is 0.396. The van der Waals surface area contributed by atoms with Crippen LogP contribution in [0.4, 0.5) is 0 Å². The molecular weight excluding hydrogens is 232 g/mol. The van der Waals surface area contributed by atoms with Crippen LogP contribution < -0.4 is 5.73 Å². The van der Waals surface area contributed by atoms with Gasteiger partial charge in [0.2, 0.25) is 5.91 Å². The van der Waals surface area contributed by atoms with E-state index in [1.165, 1.54) is 19.3 Å². The predicted octanol–water partition coefficient (Wildman–Crippen LogP) is 2.11. The molecule has 0 spiro atoms. The van der Waals surface area contributed by atoms with Crippen LogP contribution >= 0.6 is 11.8 Å². The van der Waals surface area contributed by atoms with Crippen molar-refractivity contribution in [3.05, 3.63) is 0 Å². The molecule has 1 saturated carbocycles. The topological polar surface area (TPSA) is 46.3 Å². The second kappa shape index (κ2) is 7.98. The molecule has 4 heteroatoms. The van der Waals surface area contributed by atoms with E-state index in [1.54, 1.807) is 11.8 Å². The number of carbonyl (C=O) groups excluding carboxylic acids is 1. The van der Waals surface area contributed by atoms with Gasteiger partial charge in [0.05, 0.1) is 0 Å². The lowest BCUT2D eigenvalue weighted by Crippen LogP contribution is -2.48. The SMILES string of the molecule is CCN(C(=O)CCSC)C1CCCCC1CN. The first-order valence-electron chi connectivity index (χ1n) is 6.73. The minimum Gasteiger partial charge on any atom is -0.340 e. The number of thioether (sulfide) groups is 1. The van der Waals surface area contributed by atoms with Crippen molar-refractivity contribution in [2.24, 2.45) is 11.7 Å². The smallest absolute Gasteiger partial charge is 0.223 e. The first-order chi connectivity index (χ1) is 8.24. The maximum absolute atomic E-state index is 12.2. The number of amides is 1. The highest BCUT2D eigenvalue weighted by Gasteiger charge is 2.30. The molecular formula is C13H26N2OS. The fourth-order valence-electron chi connectivity index (χ4n) is 2.80. The molecule has 1 rings (SSSR count). The molecule has 2 unspecified atom stereocenters. The molecule has 1 aliphatic carbocycles. The minimum atomic E-state index is 0.312. The van der Waals surface area contributed by atoms with Gasteiger partial charge < -0.3 is 10.6 Å². The lowest BCUT2D eigenvalue weighted by Gasteiger charge is -2.39. The number of carbonyl (C=O) groups is 1. The standard InChI is InChI=1S/C13H26N2OS/c1-3-15(13(16)8-9-17-2)12-7-5-4-6-11(12)10-14/h11-12H,3-10,14H2,1-2H3. The van der Waals surface area contributed by atoms with Crippen LogP contribution in [0.1, 0.15) is 39.0 Å². The van der Waals surface area contributed by atoms with Gasteiger partial charge >= 0.3 is 0 Å². The molecule has 0 radical (unpaired) electrons. The highest BCUT2D eigenvalue weighted by atomic mass is 32.2. The van der Waals surface area contributed by atoms with E-state index in [-0.39, 0.29) is 0 Å². The molecule has 1 amide bonds. The van der Waals surface area contributed by atoms with Gasteiger partial charge in [-0.25, -0.2) is 0 Å². The van der Waals surface area contributed by atoms with Crippen LogP contribution in [0.25, 0.3) is 0 Å². The lowest BCUT2D eigenvalue weighted by atomic mass is 9.83. The van der Waals surface area contributed by atoms with Crippen molar-refractivity contribution in [3.8, 4) is 0 Å². The Labute approximate surface area is 109 Å². The number of rotatable bonds is 6. The number of hydrogen-bond donors (Lipinski definition) is 1. The highest BCUT2D eigenvalue weighted by molar-refractivity contribution is 7.98. The van der Waals surface area contributed by atoms with Crippen LogP contribution in [0, 0.1) is 5.92 Å². The summed E-state index contributed by atoms with van der Waals surface area (Å²) >= 11 is 1.74. The van der Waals surface area contributed by atoms with Crippen LogP contribution in [0.5, 0.6) is 0 Å². The van der Waals surface area contributed by atoms with Gasteiger partial charge in [0.15, 0.2) is 0 Å². The quantitative estimate of drug-likeness (QED) is 0.793. The van der Waals surface area contributed by atoms with Gasteiger partial charge in [0.1, 0.15) is 0 Å². The Morgan fingerprint density at radius 3 is 2.71 bits per heavy atom.